The average molecular weight is 711 g/mol. The molecule has 0 saturated heterocycles. The van der Waals surface area contributed by atoms with E-state index in [2.05, 4.69) is 0 Å². The molecule has 0 heterocycles. The minimum Gasteiger partial charge on any atom is -0.293 e. The molecular formula is C28H30F8O8S2. The lowest BCUT2D eigenvalue weighted by Gasteiger charge is -2.37. The van der Waals surface area contributed by atoms with Crippen molar-refractivity contribution in [3.63, 3.8) is 0 Å². The van der Waals surface area contributed by atoms with Crippen LogP contribution < -0.4 is 0 Å². The van der Waals surface area contributed by atoms with Crippen molar-refractivity contribution < 1.29 is 70.7 Å². The molecular weight excluding hydrogens is 680 g/mol. The third kappa shape index (κ3) is 7.77. The first kappa shape index (κ1) is 39.2. The van der Waals surface area contributed by atoms with Crippen molar-refractivity contribution in [1.82, 2.24) is 0 Å². The first-order valence-electron chi connectivity index (χ1n) is 13.6. The Kier molecular flexibility index (Phi) is 12.0. The fourth-order valence-corrected chi connectivity index (χ4v) is 6.17. The normalized spacial score (nSPS) is 15.0. The lowest BCUT2D eigenvalue weighted by molar-refractivity contribution is -0.374. The van der Waals surface area contributed by atoms with Crippen molar-refractivity contribution in [3.05, 3.63) is 70.8 Å². The number of hydrogen-bond donors (Lipinski definition) is 2. The third-order valence-corrected chi connectivity index (χ3v) is 9.53. The van der Waals surface area contributed by atoms with Crippen LogP contribution in [-0.2, 0) is 32.1 Å². The van der Waals surface area contributed by atoms with Crippen molar-refractivity contribution in [2.75, 3.05) is 0 Å². The molecule has 2 rings (SSSR count). The Morgan fingerprint density at radius 2 is 0.848 bits per heavy atom. The van der Waals surface area contributed by atoms with Crippen molar-refractivity contribution in [2.24, 2.45) is 0 Å². The number of unbranched alkanes of at least 4 members (excludes halogenated alkanes) is 2. The first-order chi connectivity index (χ1) is 20.9. The molecule has 0 aliphatic carbocycles. The Bertz CT molecular complexity index is 1490. The van der Waals surface area contributed by atoms with Crippen LogP contribution >= 0.6 is 0 Å². The van der Waals surface area contributed by atoms with Gasteiger partial charge in [0.15, 0.2) is 11.6 Å². The fourth-order valence-electron chi connectivity index (χ4n) is 4.43. The van der Waals surface area contributed by atoms with Gasteiger partial charge in [0.05, 0.1) is 0 Å². The number of carbonyl (C=O) groups excluding carboxylic acids is 2. The van der Waals surface area contributed by atoms with Gasteiger partial charge >= 0.3 is 23.7 Å². The second-order valence-corrected chi connectivity index (χ2v) is 13.7. The summed E-state index contributed by atoms with van der Waals surface area (Å²) in [5.41, 5.74) is -5.24. The van der Waals surface area contributed by atoms with E-state index in [1.54, 1.807) is 13.8 Å². The zero-order chi connectivity index (χ0) is 35.5. The topological polar surface area (TPSA) is 143 Å². The van der Waals surface area contributed by atoms with Gasteiger partial charge in [0.1, 0.15) is 10.5 Å². The molecule has 18 heteroatoms. The monoisotopic (exact) mass is 710 g/mol. The summed E-state index contributed by atoms with van der Waals surface area (Å²) in [7, 11) is -9.98. The number of carbonyl (C=O) groups is 2. The summed E-state index contributed by atoms with van der Waals surface area (Å²) in [5, 5.41) is -4.08. The van der Waals surface area contributed by atoms with Gasteiger partial charge in [-0.1, -0.05) is 88.1 Å². The Hall–Kier alpha value is -2.96. The molecule has 2 aromatic rings. The molecule has 0 radical (unpaired) electrons. The lowest BCUT2D eigenvalue weighted by Crippen LogP contribution is -2.59. The summed E-state index contributed by atoms with van der Waals surface area (Å²) in [6.45, 7) is 3.24. The second-order valence-electron chi connectivity index (χ2n) is 10.5. The zero-order valence-electron chi connectivity index (χ0n) is 24.2. The van der Waals surface area contributed by atoms with Crippen molar-refractivity contribution in [3.8, 4) is 0 Å². The predicted octanol–water partition coefficient (Wildman–Crippen LogP) is 7.10. The van der Waals surface area contributed by atoms with E-state index in [-0.39, 0.29) is 49.9 Å². The number of alkyl halides is 8. The highest BCUT2D eigenvalue weighted by Crippen LogP contribution is 2.59. The molecule has 0 aliphatic rings. The number of rotatable bonds is 17. The highest BCUT2D eigenvalue weighted by atomic mass is 32.2. The zero-order valence-corrected chi connectivity index (χ0v) is 25.8. The number of Topliss-reactive ketones (excluding diaryl/α,β-unsaturated/α-hetero) is 2. The van der Waals surface area contributed by atoms with Crippen LogP contribution in [0.3, 0.4) is 0 Å². The maximum Gasteiger partial charge on any atom is 0.382 e. The van der Waals surface area contributed by atoms with Crippen molar-refractivity contribution >= 4 is 31.8 Å². The van der Waals surface area contributed by atoms with Gasteiger partial charge in [0.2, 0.25) is 0 Å². The van der Waals surface area contributed by atoms with E-state index in [1.165, 1.54) is 0 Å². The number of hydrogen-bond acceptors (Lipinski definition) is 6. The first-order valence-corrected chi connectivity index (χ1v) is 16.6. The fraction of sp³-hybridized carbons (Fsp3) is 0.500. The Morgan fingerprint density at radius 1 is 0.587 bits per heavy atom. The van der Waals surface area contributed by atoms with E-state index in [1.807, 2.05) is 0 Å². The highest BCUT2D eigenvalue weighted by Gasteiger charge is 2.81. The van der Waals surface area contributed by atoms with Crippen LogP contribution in [0.15, 0.2) is 48.5 Å². The Labute approximate surface area is 259 Å². The van der Waals surface area contributed by atoms with Gasteiger partial charge in [0, 0.05) is 22.3 Å². The molecule has 2 atom stereocenters. The largest absolute Gasteiger partial charge is 0.382 e. The lowest BCUT2D eigenvalue weighted by atomic mass is 9.89. The third-order valence-electron chi connectivity index (χ3n) is 7.19. The molecule has 2 aromatic carbocycles. The van der Waals surface area contributed by atoms with E-state index >= 15 is 0 Å². The van der Waals surface area contributed by atoms with E-state index in [0.29, 0.717) is 37.1 Å². The molecule has 0 bridgehead atoms. The molecule has 0 fully saturated rings. The average Bonchev–Trinajstić information content (AvgIpc) is 2.95. The van der Waals surface area contributed by atoms with E-state index in [9.17, 15) is 70.7 Å². The molecule has 0 saturated carbocycles. The van der Waals surface area contributed by atoms with Crippen LogP contribution in [0.5, 0.6) is 0 Å². The van der Waals surface area contributed by atoms with Crippen molar-refractivity contribution in [2.45, 2.75) is 86.6 Å². The van der Waals surface area contributed by atoms with E-state index in [4.69, 9.17) is 0 Å². The summed E-state index contributed by atoms with van der Waals surface area (Å²) in [5.74, 6) is -28.3. The van der Waals surface area contributed by atoms with Crippen LogP contribution in [0.1, 0.15) is 84.2 Å². The van der Waals surface area contributed by atoms with Gasteiger partial charge in [-0.3, -0.25) is 18.7 Å². The smallest absolute Gasteiger partial charge is 0.293 e. The SMILES string of the molecule is CCCCC(C(=O)c1ccc(C(F)(F)C(F)(F)C(F)(F)C(F)(F)c2ccc(C(=O)C(CCCC)S(=O)(=O)O)cc2)cc1)S(=O)(=O)O. The molecule has 2 unspecified atom stereocenters. The number of ketones is 2. The number of benzene rings is 2. The Balaban J connectivity index is 2.44. The van der Waals surface area contributed by atoms with Gasteiger partial charge in [-0.05, 0) is 12.8 Å². The van der Waals surface area contributed by atoms with Gasteiger partial charge in [-0.25, -0.2) is 0 Å². The van der Waals surface area contributed by atoms with Gasteiger partial charge in [0.25, 0.3) is 20.2 Å². The molecule has 0 aliphatic heterocycles. The molecule has 0 spiro atoms. The predicted molar refractivity (Wildman–Crippen MR) is 149 cm³/mol. The standard InChI is InChI=1S/C28H30F8O8S2/c1-3-5-7-21(45(39,40)41)23(37)17-9-13-19(14-10-17)25(29,30)27(33,34)28(35,36)26(31,32)20-15-11-18(12-16-20)24(38)22(8-6-4-2)46(42,43)44/h9-16,21-22H,3-8H2,1-2H3,(H,39,40,41)(H,42,43,44). The number of halogens is 8. The minimum absolute atomic E-state index is 0.0425. The van der Waals surface area contributed by atoms with Crippen LogP contribution in [-0.4, -0.2) is 59.9 Å². The van der Waals surface area contributed by atoms with Crippen LogP contribution in [0.4, 0.5) is 35.1 Å². The molecule has 46 heavy (non-hydrogen) atoms. The van der Waals surface area contributed by atoms with Gasteiger partial charge in [-0.2, -0.15) is 52.0 Å². The summed E-state index contributed by atoms with van der Waals surface area (Å²) < 4.78 is 184. The summed E-state index contributed by atoms with van der Waals surface area (Å²) in [4.78, 5) is 25.1. The quantitative estimate of drug-likeness (QED) is 0.101. The minimum atomic E-state index is -6.81. The maximum atomic E-state index is 14.9. The summed E-state index contributed by atoms with van der Waals surface area (Å²) in [6, 6.07) is 1.72. The maximum absolute atomic E-state index is 14.9. The van der Waals surface area contributed by atoms with E-state index in [0.717, 1.165) is 0 Å². The van der Waals surface area contributed by atoms with Crippen LogP contribution in [0.25, 0.3) is 0 Å². The summed E-state index contributed by atoms with van der Waals surface area (Å²) >= 11 is 0. The van der Waals surface area contributed by atoms with Crippen LogP contribution in [0.2, 0.25) is 0 Å². The van der Waals surface area contributed by atoms with Crippen LogP contribution in [0, 0.1) is 0 Å². The molecule has 0 aromatic heterocycles. The molecule has 2 N–H and O–H groups in total. The van der Waals surface area contributed by atoms with Gasteiger partial charge < -0.3 is 0 Å². The molecule has 0 amide bonds. The second kappa shape index (κ2) is 14.0. The van der Waals surface area contributed by atoms with Crippen molar-refractivity contribution in [1.29, 1.82) is 0 Å². The molecule has 258 valence electrons. The van der Waals surface area contributed by atoms with Gasteiger partial charge in [-0.15, -0.1) is 0 Å². The molecule has 8 nitrogen and oxygen atoms in total. The highest BCUT2D eigenvalue weighted by molar-refractivity contribution is 7.87. The Morgan fingerprint density at radius 3 is 1.07 bits per heavy atom. The van der Waals surface area contributed by atoms with E-state index < -0.39 is 88.2 Å². The summed E-state index contributed by atoms with van der Waals surface area (Å²) in [6.07, 6.45) is 0.249.